The maximum atomic E-state index is 9.73. The SMILES string of the molecule is Cc1ncc(C=Nc2ncc[nH]2)c(CO)c1O. The number of nitrogens with zero attached hydrogens (tertiary/aromatic N) is 3. The Hall–Kier alpha value is -2.21. The van der Waals surface area contributed by atoms with Crippen molar-refractivity contribution in [2.45, 2.75) is 13.5 Å². The third-order valence-corrected chi connectivity index (χ3v) is 2.34. The highest BCUT2D eigenvalue weighted by Gasteiger charge is 2.09. The van der Waals surface area contributed by atoms with E-state index in [1.54, 1.807) is 25.5 Å². The zero-order valence-electron chi connectivity index (χ0n) is 9.25. The highest BCUT2D eigenvalue weighted by atomic mass is 16.3. The van der Waals surface area contributed by atoms with Gasteiger partial charge in [0.25, 0.3) is 0 Å². The van der Waals surface area contributed by atoms with Crippen molar-refractivity contribution in [3.63, 3.8) is 0 Å². The first kappa shape index (κ1) is 11.3. The lowest BCUT2D eigenvalue weighted by Gasteiger charge is -2.06. The van der Waals surface area contributed by atoms with Crippen molar-refractivity contribution in [2.75, 3.05) is 0 Å². The Morgan fingerprint density at radius 3 is 2.94 bits per heavy atom. The van der Waals surface area contributed by atoms with Crippen LogP contribution in [0.4, 0.5) is 5.95 Å². The molecule has 0 aliphatic heterocycles. The lowest BCUT2D eigenvalue weighted by atomic mass is 10.1. The summed E-state index contributed by atoms with van der Waals surface area (Å²) >= 11 is 0. The monoisotopic (exact) mass is 232 g/mol. The fourth-order valence-electron chi connectivity index (χ4n) is 1.40. The van der Waals surface area contributed by atoms with Crippen LogP contribution in [-0.2, 0) is 6.61 Å². The number of aromatic nitrogens is 3. The summed E-state index contributed by atoms with van der Waals surface area (Å²) in [5.74, 6) is 0.449. The molecule has 3 N–H and O–H groups in total. The number of hydrogen-bond acceptors (Lipinski definition) is 5. The highest BCUT2D eigenvalue weighted by molar-refractivity contribution is 5.83. The molecule has 2 aromatic heterocycles. The number of aliphatic hydroxyl groups excluding tert-OH is 1. The molecule has 0 bridgehead atoms. The number of imidazole rings is 1. The van der Waals surface area contributed by atoms with E-state index in [1.165, 1.54) is 6.21 Å². The minimum Gasteiger partial charge on any atom is -0.506 e. The van der Waals surface area contributed by atoms with E-state index in [2.05, 4.69) is 19.9 Å². The van der Waals surface area contributed by atoms with Crippen LogP contribution in [0.25, 0.3) is 0 Å². The van der Waals surface area contributed by atoms with Crippen LogP contribution in [0.15, 0.2) is 23.6 Å². The van der Waals surface area contributed by atoms with Crippen molar-refractivity contribution in [3.05, 3.63) is 35.4 Å². The topological polar surface area (TPSA) is 94.4 Å². The minimum atomic E-state index is -0.269. The van der Waals surface area contributed by atoms with Gasteiger partial charge in [-0.25, -0.2) is 9.98 Å². The van der Waals surface area contributed by atoms with Crippen LogP contribution in [-0.4, -0.2) is 31.4 Å². The molecule has 0 atom stereocenters. The first-order valence-corrected chi connectivity index (χ1v) is 5.04. The summed E-state index contributed by atoms with van der Waals surface area (Å²) in [6.07, 6.45) is 6.29. The van der Waals surface area contributed by atoms with Gasteiger partial charge in [-0.2, -0.15) is 0 Å². The largest absolute Gasteiger partial charge is 0.506 e. The maximum absolute atomic E-state index is 9.73. The van der Waals surface area contributed by atoms with E-state index in [0.29, 0.717) is 22.8 Å². The number of aliphatic hydroxyl groups is 1. The molecular weight excluding hydrogens is 220 g/mol. The Bertz CT molecular complexity index is 535. The number of hydrogen-bond donors (Lipinski definition) is 3. The van der Waals surface area contributed by atoms with E-state index in [0.717, 1.165) is 0 Å². The predicted molar refractivity (Wildman–Crippen MR) is 62.4 cm³/mol. The Morgan fingerprint density at radius 1 is 1.47 bits per heavy atom. The number of aromatic hydroxyl groups is 1. The van der Waals surface area contributed by atoms with Crippen LogP contribution < -0.4 is 0 Å². The lowest BCUT2D eigenvalue weighted by Crippen LogP contribution is -1.97. The Balaban J connectivity index is 2.36. The van der Waals surface area contributed by atoms with Gasteiger partial charge in [0.1, 0.15) is 5.75 Å². The predicted octanol–water partition coefficient (Wildman–Crippen LogP) is 1.06. The summed E-state index contributed by atoms with van der Waals surface area (Å²) in [4.78, 5) is 14.8. The Labute approximate surface area is 97.7 Å². The number of H-pyrrole nitrogens is 1. The molecular formula is C11H12N4O2. The Morgan fingerprint density at radius 2 is 2.29 bits per heavy atom. The summed E-state index contributed by atoms with van der Waals surface area (Å²) in [5.41, 5.74) is 1.45. The van der Waals surface area contributed by atoms with Crippen LogP contribution in [0.1, 0.15) is 16.8 Å². The van der Waals surface area contributed by atoms with Crippen molar-refractivity contribution in [2.24, 2.45) is 4.99 Å². The number of aromatic amines is 1. The molecule has 6 heteroatoms. The van der Waals surface area contributed by atoms with Gasteiger partial charge in [-0.05, 0) is 6.92 Å². The first-order valence-electron chi connectivity index (χ1n) is 5.04. The van der Waals surface area contributed by atoms with Gasteiger partial charge in [0.2, 0.25) is 5.95 Å². The van der Waals surface area contributed by atoms with Crippen molar-refractivity contribution in [3.8, 4) is 5.75 Å². The molecule has 88 valence electrons. The molecule has 0 aliphatic rings. The summed E-state index contributed by atoms with van der Waals surface area (Å²) in [6, 6.07) is 0. The zero-order valence-corrected chi connectivity index (χ0v) is 9.25. The van der Waals surface area contributed by atoms with E-state index >= 15 is 0 Å². The molecule has 0 saturated heterocycles. The van der Waals surface area contributed by atoms with E-state index in [4.69, 9.17) is 0 Å². The number of aryl methyl sites for hydroxylation is 1. The smallest absolute Gasteiger partial charge is 0.226 e. The third-order valence-electron chi connectivity index (χ3n) is 2.34. The van der Waals surface area contributed by atoms with Gasteiger partial charge in [-0.1, -0.05) is 0 Å². The van der Waals surface area contributed by atoms with Crippen LogP contribution in [0.5, 0.6) is 5.75 Å². The van der Waals surface area contributed by atoms with Crippen molar-refractivity contribution >= 4 is 12.2 Å². The first-order chi connectivity index (χ1) is 8.22. The molecule has 0 radical (unpaired) electrons. The summed E-state index contributed by atoms with van der Waals surface area (Å²) in [7, 11) is 0. The molecule has 0 amide bonds. The molecule has 0 aromatic carbocycles. The molecule has 0 saturated carbocycles. The van der Waals surface area contributed by atoms with Gasteiger partial charge in [0, 0.05) is 35.9 Å². The fourth-order valence-corrected chi connectivity index (χ4v) is 1.40. The summed E-state index contributed by atoms with van der Waals surface area (Å²) in [6.45, 7) is 1.40. The standard InChI is InChI=1S/C11H12N4O2/c1-7-10(17)9(6-16)8(4-14-7)5-15-11-12-2-3-13-11/h2-5,16-17H,6H2,1H3,(H,12,13). The molecule has 17 heavy (non-hydrogen) atoms. The molecule has 6 nitrogen and oxygen atoms in total. The molecule has 0 unspecified atom stereocenters. The van der Waals surface area contributed by atoms with Crippen molar-refractivity contribution in [1.82, 2.24) is 15.0 Å². The van der Waals surface area contributed by atoms with Gasteiger partial charge in [-0.15, -0.1) is 0 Å². The van der Waals surface area contributed by atoms with Crippen LogP contribution in [0.2, 0.25) is 0 Å². The third kappa shape index (κ3) is 2.31. The van der Waals surface area contributed by atoms with Gasteiger partial charge in [-0.3, -0.25) is 4.98 Å². The number of rotatable bonds is 3. The van der Waals surface area contributed by atoms with Crippen LogP contribution in [0.3, 0.4) is 0 Å². The van der Waals surface area contributed by atoms with Crippen LogP contribution >= 0.6 is 0 Å². The molecule has 0 spiro atoms. The van der Waals surface area contributed by atoms with E-state index in [-0.39, 0.29) is 12.4 Å². The second kappa shape index (κ2) is 4.75. The number of aliphatic imine (C=N–C) groups is 1. The van der Waals surface area contributed by atoms with Gasteiger partial charge < -0.3 is 15.2 Å². The number of pyridine rings is 1. The maximum Gasteiger partial charge on any atom is 0.226 e. The normalized spacial score (nSPS) is 11.2. The molecule has 0 fully saturated rings. The van der Waals surface area contributed by atoms with Gasteiger partial charge >= 0.3 is 0 Å². The molecule has 2 aromatic rings. The van der Waals surface area contributed by atoms with Gasteiger partial charge in [0.15, 0.2) is 0 Å². The zero-order chi connectivity index (χ0) is 12.3. The fraction of sp³-hybridized carbons (Fsp3) is 0.182. The van der Waals surface area contributed by atoms with E-state index < -0.39 is 0 Å². The van der Waals surface area contributed by atoms with Crippen LogP contribution in [0, 0.1) is 6.92 Å². The molecule has 2 rings (SSSR count). The second-order valence-corrected chi connectivity index (χ2v) is 3.46. The summed E-state index contributed by atoms with van der Waals surface area (Å²) in [5, 5.41) is 18.9. The molecule has 0 aliphatic carbocycles. The summed E-state index contributed by atoms with van der Waals surface area (Å²) < 4.78 is 0. The van der Waals surface area contributed by atoms with E-state index in [9.17, 15) is 10.2 Å². The van der Waals surface area contributed by atoms with Gasteiger partial charge in [0.05, 0.1) is 12.3 Å². The Kier molecular flexibility index (Phi) is 3.15. The van der Waals surface area contributed by atoms with Crippen molar-refractivity contribution in [1.29, 1.82) is 0 Å². The molecule has 2 heterocycles. The van der Waals surface area contributed by atoms with Crippen molar-refractivity contribution < 1.29 is 10.2 Å². The average Bonchev–Trinajstić information content (AvgIpc) is 2.83. The minimum absolute atomic E-state index is 0.00380. The van der Waals surface area contributed by atoms with E-state index in [1.807, 2.05) is 0 Å². The average molecular weight is 232 g/mol. The number of nitrogens with one attached hydrogen (secondary N) is 1. The quantitative estimate of drug-likeness (QED) is 0.690. The second-order valence-electron chi connectivity index (χ2n) is 3.46. The lowest BCUT2D eigenvalue weighted by molar-refractivity contribution is 0.274. The highest BCUT2D eigenvalue weighted by Crippen LogP contribution is 2.22.